The predicted molar refractivity (Wildman–Crippen MR) is 106 cm³/mol. The largest absolute Gasteiger partial charge is 0.493 e. The van der Waals surface area contributed by atoms with Crippen LogP contribution in [0.4, 0.5) is 0 Å². The van der Waals surface area contributed by atoms with Gasteiger partial charge < -0.3 is 24.3 Å². The second-order valence-corrected chi connectivity index (χ2v) is 6.50. The van der Waals surface area contributed by atoms with Gasteiger partial charge in [-0.2, -0.15) is 0 Å². The van der Waals surface area contributed by atoms with Crippen LogP contribution in [0, 0.1) is 0 Å². The van der Waals surface area contributed by atoms with Gasteiger partial charge in [0.25, 0.3) is 11.1 Å². The number of nitrogens with zero attached hydrogens (tertiary/aromatic N) is 1. The fraction of sp³-hybridized carbons (Fsp3) is 0.200. The molecule has 0 atom stereocenters. The molecular weight excluding hydrogens is 380 g/mol. The third kappa shape index (κ3) is 4.52. The third-order valence-electron chi connectivity index (χ3n) is 3.92. The molecule has 0 aliphatic rings. The molecule has 0 spiro atoms. The monoisotopic (exact) mass is 400 g/mol. The summed E-state index contributed by atoms with van der Waals surface area (Å²) < 4.78 is 21.5. The van der Waals surface area contributed by atoms with Crippen LogP contribution >= 0.6 is 11.3 Å². The van der Waals surface area contributed by atoms with Gasteiger partial charge in [-0.25, -0.2) is 4.98 Å². The molecule has 0 radical (unpaired) electrons. The summed E-state index contributed by atoms with van der Waals surface area (Å²) in [4.78, 5) is 16.6. The molecule has 3 rings (SSSR count). The summed E-state index contributed by atoms with van der Waals surface area (Å²) in [6.07, 6.45) is 1.69. The summed E-state index contributed by atoms with van der Waals surface area (Å²) in [5.74, 6) is 1.74. The van der Waals surface area contributed by atoms with E-state index in [-0.39, 0.29) is 5.91 Å². The first kappa shape index (κ1) is 19.5. The highest BCUT2D eigenvalue weighted by Gasteiger charge is 2.16. The minimum absolute atomic E-state index is 0.248. The van der Waals surface area contributed by atoms with Crippen LogP contribution in [0.1, 0.15) is 15.9 Å². The van der Waals surface area contributed by atoms with Crippen LogP contribution in [-0.2, 0) is 6.54 Å². The molecule has 2 aromatic carbocycles. The molecule has 7 nitrogen and oxygen atoms in total. The topological polar surface area (TPSA) is 78.9 Å². The lowest BCUT2D eigenvalue weighted by molar-refractivity contribution is 0.0950. The molecular formula is C20H20N2O5S. The predicted octanol–water partition coefficient (Wildman–Crippen LogP) is 3.89. The Hall–Kier alpha value is -3.26. The average Bonchev–Trinajstić information content (AvgIpc) is 3.24. The van der Waals surface area contributed by atoms with E-state index in [1.807, 2.05) is 29.6 Å². The van der Waals surface area contributed by atoms with Crippen molar-refractivity contribution in [2.75, 3.05) is 21.3 Å². The quantitative estimate of drug-likeness (QED) is 0.618. The summed E-state index contributed by atoms with van der Waals surface area (Å²) in [5.41, 5.74) is 1.35. The van der Waals surface area contributed by atoms with Crippen molar-refractivity contribution in [3.8, 4) is 28.2 Å². The second-order valence-electron chi connectivity index (χ2n) is 5.64. The molecule has 1 N–H and O–H groups in total. The number of nitrogens with one attached hydrogen (secondary N) is 1. The highest BCUT2D eigenvalue weighted by Crippen LogP contribution is 2.38. The first-order chi connectivity index (χ1) is 13.6. The van der Waals surface area contributed by atoms with Crippen LogP contribution in [-0.4, -0.2) is 32.2 Å². The fourth-order valence-electron chi connectivity index (χ4n) is 2.53. The Kier molecular flexibility index (Phi) is 6.33. The summed E-state index contributed by atoms with van der Waals surface area (Å²) >= 11 is 1.42. The maximum atomic E-state index is 12.5. The first-order valence-corrected chi connectivity index (χ1v) is 9.27. The molecule has 0 saturated heterocycles. The third-order valence-corrected chi connectivity index (χ3v) is 4.57. The number of carbonyl (C=O) groups is 1. The number of hydrogen-bond donors (Lipinski definition) is 1. The van der Waals surface area contributed by atoms with E-state index in [1.165, 1.54) is 32.7 Å². The van der Waals surface area contributed by atoms with Gasteiger partial charge in [0.2, 0.25) is 5.75 Å². The molecule has 1 aromatic heterocycles. The van der Waals surface area contributed by atoms with E-state index in [0.29, 0.717) is 40.3 Å². The van der Waals surface area contributed by atoms with Crippen molar-refractivity contribution in [3.63, 3.8) is 0 Å². The molecule has 1 amide bonds. The van der Waals surface area contributed by atoms with Gasteiger partial charge >= 0.3 is 0 Å². The zero-order valence-electron chi connectivity index (χ0n) is 15.7. The number of rotatable bonds is 8. The Bertz CT molecular complexity index is 901. The first-order valence-electron chi connectivity index (χ1n) is 8.39. The number of thiazole rings is 1. The number of amides is 1. The van der Waals surface area contributed by atoms with Gasteiger partial charge in [-0.05, 0) is 29.8 Å². The lowest BCUT2D eigenvalue weighted by Crippen LogP contribution is -2.22. The van der Waals surface area contributed by atoms with Crippen molar-refractivity contribution >= 4 is 17.2 Å². The minimum atomic E-state index is -0.248. The van der Waals surface area contributed by atoms with Crippen LogP contribution in [0.15, 0.2) is 48.0 Å². The zero-order valence-corrected chi connectivity index (χ0v) is 16.5. The molecule has 0 aliphatic carbocycles. The van der Waals surface area contributed by atoms with Gasteiger partial charge in [0.15, 0.2) is 11.5 Å². The Morgan fingerprint density at radius 2 is 1.71 bits per heavy atom. The summed E-state index contributed by atoms with van der Waals surface area (Å²) in [7, 11) is 4.53. The summed E-state index contributed by atoms with van der Waals surface area (Å²) in [6, 6.07) is 10.7. The van der Waals surface area contributed by atoms with Crippen LogP contribution in [0.5, 0.6) is 28.2 Å². The standard InChI is InChI=1S/C20H20N2O5S/c1-24-16-10-14(11-17(25-2)18(16)26-3)19(23)22-12-13-4-6-15(7-5-13)27-20-21-8-9-28-20/h4-11H,12H2,1-3H3,(H,22,23). The van der Waals surface area contributed by atoms with Crippen LogP contribution in [0.25, 0.3) is 0 Å². The van der Waals surface area contributed by atoms with Crippen molar-refractivity contribution in [3.05, 3.63) is 59.1 Å². The number of hydrogen-bond acceptors (Lipinski definition) is 7. The van der Waals surface area contributed by atoms with E-state index in [1.54, 1.807) is 18.3 Å². The average molecular weight is 400 g/mol. The smallest absolute Gasteiger partial charge is 0.278 e. The normalized spacial score (nSPS) is 10.2. The minimum Gasteiger partial charge on any atom is -0.493 e. The van der Waals surface area contributed by atoms with Gasteiger partial charge in [0, 0.05) is 23.7 Å². The number of ether oxygens (including phenoxy) is 4. The molecule has 0 saturated carbocycles. The Balaban J connectivity index is 1.65. The molecule has 146 valence electrons. The Morgan fingerprint density at radius 3 is 2.25 bits per heavy atom. The molecule has 0 aliphatic heterocycles. The van der Waals surface area contributed by atoms with Gasteiger partial charge in [0.05, 0.1) is 21.3 Å². The molecule has 0 unspecified atom stereocenters. The second kappa shape index (κ2) is 9.09. The van der Waals surface area contributed by atoms with E-state index in [2.05, 4.69) is 10.3 Å². The molecule has 3 aromatic rings. The van der Waals surface area contributed by atoms with E-state index in [9.17, 15) is 4.79 Å². The van der Waals surface area contributed by atoms with E-state index >= 15 is 0 Å². The Morgan fingerprint density at radius 1 is 1.04 bits per heavy atom. The van der Waals surface area contributed by atoms with Crippen molar-refractivity contribution in [2.45, 2.75) is 6.54 Å². The zero-order chi connectivity index (χ0) is 19.9. The fourth-order valence-corrected chi connectivity index (χ4v) is 3.04. The number of methoxy groups -OCH3 is 3. The molecule has 0 bridgehead atoms. The van der Waals surface area contributed by atoms with Crippen LogP contribution in [0.2, 0.25) is 0 Å². The summed E-state index contributed by atoms with van der Waals surface area (Å²) in [5, 5.41) is 5.31. The lowest BCUT2D eigenvalue weighted by Gasteiger charge is -2.14. The molecule has 28 heavy (non-hydrogen) atoms. The van der Waals surface area contributed by atoms with Gasteiger partial charge in [-0.15, -0.1) is 0 Å². The molecule has 8 heteroatoms. The molecule has 1 heterocycles. The Labute approximate surface area is 166 Å². The summed E-state index contributed by atoms with van der Waals surface area (Å²) in [6.45, 7) is 0.368. The number of benzene rings is 2. The highest BCUT2D eigenvalue weighted by atomic mass is 32.1. The van der Waals surface area contributed by atoms with Crippen LogP contribution in [0.3, 0.4) is 0 Å². The number of carbonyl (C=O) groups excluding carboxylic acids is 1. The maximum Gasteiger partial charge on any atom is 0.278 e. The molecule has 0 fully saturated rings. The van der Waals surface area contributed by atoms with Crippen LogP contribution < -0.4 is 24.3 Å². The van der Waals surface area contributed by atoms with Crippen molar-refractivity contribution in [1.82, 2.24) is 10.3 Å². The van der Waals surface area contributed by atoms with E-state index in [0.717, 1.165) is 5.56 Å². The van der Waals surface area contributed by atoms with Crippen molar-refractivity contribution < 1.29 is 23.7 Å². The van der Waals surface area contributed by atoms with Crippen molar-refractivity contribution in [2.24, 2.45) is 0 Å². The maximum absolute atomic E-state index is 12.5. The van der Waals surface area contributed by atoms with E-state index in [4.69, 9.17) is 18.9 Å². The van der Waals surface area contributed by atoms with Crippen molar-refractivity contribution in [1.29, 1.82) is 0 Å². The SMILES string of the molecule is COc1cc(C(=O)NCc2ccc(Oc3nccs3)cc2)cc(OC)c1OC. The lowest BCUT2D eigenvalue weighted by atomic mass is 10.1. The highest BCUT2D eigenvalue weighted by molar-refractivity contribution is 7.11. The van der Waals surface area contributed by atoms with Gasteiger partial charge in [0.1, 0.15) is 5.75 Å². The van der Waals surface area contributed by atoms with Gasteiger partial charge in [-0.1, -0.05) is 23.5 Å². The van der Waals surface area contributed by atoms with E-state index < -0.39 is 0 Å². The number of aromatic nitrogens is 1. The van der Waals surface area contributed by atoms with Gasteiger partial charge in [-0.3, -0.25) is 4.79 Å².